The number of hydrogen-bond acceptors (Lipinski definition) is 2. The van der Waals surface area contributed by atoms with Crippen molar-refractivity contribution >= 4 is 27.7 Å². The van der Waals surface area contributed by atoms with Gasteiger partial charge in [-0.15, -0.1) is 0 Å². The van der Waals surface area contributed by atoms with Crippen LogP contribution in [-0.4, -0.2) is 17.7 Å². The van der Waals surface area contributed by atoms with Crippen molar-refractivity contribution in [2.75, 3.05) is 4.90 Å². The van der Waals surface area contributed by atoms with Crippen LogP contribution in [0.2, 0.25) is 0 Å². The first-order valence-corrected chi connectivity index (χ1v) is 9.65. The molecular formula is C20H30BrNO2. The number of amides is 1. The largest absolute Gasteiger partial charge is 0.443 e. The van der Waals surface area contributed by atoms with E-state index in [-0.39, 0.29) is 12.1 Å². The Morgan fingerprint density at radius 2 is 1.88 bits per heavy atom. The molecule has 0 N–H and O–H groups in total. The predicted octanol–water partition coefficient (Wildman–Crippen LogP) is 6.28. The van der Waals surface area contributed by atoms with Gasteiger partial charge in [-0.3, -0.25) is 4.90 Å². The van der Waals surface area contributed by atoms with Crippen LogP contribution in [0.5, 0.6) is 0 Å². The molecule has 0 saturated carbocycles. The summed E-state index contributed by atoms with van der Waals surface area (Å²) in [5.74, 6) is 0.840. The average molecular weight is 396 g/mol. The molecule has 0 fully saturated rings. The fraction of sp³-hybridized carbons (Fsp3) is 0.650. The third-order valence-corrected chi connectivity index (χ3v) is 5.08. The predicted molar refractivity (Wildman–Crippen MR) is 104 cm³/mol. The maximum absolute atomic E-state index is 12.9. The number of nitrogens with zero attached hydrogens (tertiary/aromatic N) is 1. The molecule has 1 aromatic rings. The number of aryl methyl sites for hydroxylation is 1. The zero-order valence-corrected chi connectivity index (χ0v) is 17.5. The average Bonchev–Trinajstić information content (AvgIpc) is 2.43. The van der Waals surface area contributed by atoms with Gasteiger partial charge in [0.1, 0.15) is 5.60 Å². The van der Waals surface area contributed by atoms with Gasteiger partial charge in [-0.05, 0) is 78.6 Å². The van der Waals surface area contributed by atoms with Gasteiger partial charge in [-0.25, -0.2) is 4.79 Å². The van der Waals surface area contributed by atoms with Gasteiger partial charge in [0.2, 0.25) is 0 Å². The topological polar surface area (TPSA) is 29.5 Å². The molecule has 0 aromatic heterocycles. The molecule has 134 valence electrons. The van der Waals surface area contributed by atoms with Crippen LogP contribution in [0.15, 0.2) is 16.6 Å². The Morgan fingerprint density at radius 3 is 2.38 bits per heavy atom. The van der Waals surface area contributed by atoms with E-state index >= 15 is 0 Å². The second kappa shape index (κ2) is 7.07. The van der Waals surface area contributed by atoms with E-state index in [4.69, 9.17) is 4.74 Å². The Morgan fingerprint density at radius 1 is 1.25 bits per heavy atom. The van der Waals surface area contributed by atoms with Crippen LogP contribution in [0.3, 0.4) is 0 Å². The summed E-state index contributed by atoms with van der Waals surface area (Å²) in [7, 11) is 0. The van der Waals surface area contributed by atoms with Crippen molar-refractivity contribution in [1.29, 1.82) is 0 Å². The van der Waals surface area contributed by atoms with E-state index in [2.05, 4.69) is 55.8 Å². The molecule has 0 bridgehead atoms. The van der Waals surface area contributed by atoms with Crippen LogP contribution in [0.1, 0.15) is 71.9 Å². The summed E-state index contributed by atoms with van der Waals surface area (Å²) in [6.07, 6.45) is 1.72. The summed E-state index contributed by atoms with van der Waals surface area (Å²) >= 11 is 3.72. The molecule has 0 spiro atoms. The van der Waals surface area contributed by atoms with Gasteiger partial charge < -0.3 is 4.74 Å². The van der Waals surface area contributed by atoms with Crippen molar-refractivity contribution in [3.63, 3.8) is 0 Å². The van der Waals surface area contributed by atoms with Gasteiger partial charge in [0.05, 0.1) is 5.69 Å². The second-order valence-electron chi connectivity index (χ2n) is 8.37. The highest BCUT2D eigenvalue weighted by atomic mass is 79.9. The van der Waals surface area contributed by atoms with E-state index in [1.165, 1.54) is 11.1 Å². The third kappa shape index (κ3) is 4.14. The SMILES string of the molecule is CC(C)c1cc(Br)c2c(c1)CCC(C(C)C)N2C(=O)OC(C)(C)C. The lowest BCUT2D eigenvalue weighted by molar-refractivity contribution is 0.0550. The number of fused-ring (bicyclic) bond motifs is 1. The van der Waals surface area contributed by atoms with Gasteiger partial charge in [0.15, 0.2) is 0 Å². The van der Waals surface area contributed by atoms with Gasteiger partial charge in [-0.2, -0.15) is 0 Å². The van der Waals surface area contributed by atoms with Gasteiger partial charge >= 0.3 is 6.09 Å². The van der Waals surface area contributed by atoms with Crippen molar-refractivity contribution in [1.82, 2.24) is 0 Å². The molecular weight excluding hydrogens is 366 g/mol. The first-order valence-electron chi connectivity index (χ1n) is 8.85. The number of rotatable bonds is 2. The summed E-state index contributed by atoms with van der Waals surface area (Å²) < 4.78 is 6.70. The molecule has 1 atom stereocenters. The van der Waals surface area contributed by atoms with Crippen molar-refractivity contribution in [3.8, 4) is 0 Å². The Hall–Kier alpha value is -1.03. The monoisotopic (exact) mass is 395 g/mol. The highest BCUT2D eigenvalue weighted by molar-refractivity contribution is 9.10. The first kappa shape index (κ1) is 19.3. The molecule has 0 radical (unpaired) electrons. The first-order chi connectivity index (χ1) is 11.0. The minimum Gasteiger partial charge on any atom is -0.443 e. The Labute approximate surface area is 154 Å². The fourth-order valence-corrected chi connectivity index (χ4v) is 3.95. The molecule has 1 aromatic carbocycles. The van der Waals surface area contributed by atoms with Crippen LogP contribution in [0.25, 0.3) is 0 Å². The van der Waals surface area contributed by atoms with Crippen LogP contribution in [0.4, 0.5) is 10.5 Å². The number of hydrogen-bond donors (Lipinski definition) is 0. The number of carbonyl (C=O) groups is 1. The minimum absolute atomic E-state index is 0.161. The molecule has 0 saturated heterocycles. The number of benzene rings is 1. The summed E-state index contributed by atoms with van der Waals surface area (Å²) in [5.41, 5.74) is 3.02. The standard InChI is InChI=1S/C20H30BrNO2/c1-12(2)15-10-14-8-9-17(13(3)4)22(18(14)16(21)11-15)19(23)24-20(5,6)7/h10-13,17H,8-9H2,1-7H3. The Balaban J connectivity index is 2.52. The Bertz CT molecular complexity index is 617. The van der Waals surface area contributed by atoms with Crippen molar-refractivity contribution in [2.45, 2.75) is 78.9 Å². The van der Waals surface area contributed by atoms with E-state index in [1.54, 1.807) is 0 Å². The molecule has 1 unspecified atom stereocenters. The molecule has 1 aliphatic rings. The molecule has 1 amide bonds. The van der Waals surface area contributed by atoms with Crippen LogP contribution >= 0.6 is 15.9 Å². The second-order valence-corrected chi connectivity index (χ2v) is 9.22. The highest BCUT2D eigenvalue weighted by Gasteiger charge is 2.37. The van der Waals surface area contributed by atoms with Gasteiger partial charge in [0.25, 0.3) is 0 Å². The van der Waals surface area contributed by atoms with Gasteiger partial charge in [0, 0.05) is 10.5 Å². The summed E-state index contributed by atoms with van der Waals surface area (Å²) in [6.45, 7) is 14.5. The molecule has 2 rings (SSSR count). The molecule has 24 heavy (non-hydrogen) atoms. The maximum Gasteiger partial charge on any atom is 0.415 e. The van der Waals surface area contributed by atoms with E-state index in [0.29, 0.717) is 11.8 Å². The number of anilines is 1. The van der Waals surface area contributed by atoms with Gasteiger partial charge in [-0.1, -0.05) is 33.8 Å². The number of carbonyl (C=O) groups excluding carboxylic acids is 1. The van der Waals surface area contributed by atoms with E-state index in [1.807, 2.05) is 25.7 Å². The van der Waals surface area contributed by atoms with Crippen molar-refractivity contribution < 1.29 is 9.53 Å². The summed E-state index contributed by atoms with van der Waals surface area (Å²) in [4.78, 5) is 14.8. The summed E-state index contributed by atoms with van der Waals surface area (Å²) in [6, 6.07) is 4.55. The Kier molecular flexibility index (Phi) is 5.68. The van der Waals surface area contributed by atoms with Crippen LogP contribution < -0.4 is 4.90 Å². The van der Waals surface area contributed by atoms with Crippen molar-refractivity contribution in [3.05, 3.63) is 27.7 Å². The van der Waals surface area contributed by atoms with E-state index < -0.39 is 5.60 Å². The fourth-order valence-electron chi connectivity index (χ4n) is 3.24. The minimum atomic E-state index is -0.499. The number of halogens is 1. The van der Waals surface area contributed by atoms with Crippen LogP contribution in [-0.2, 0) is 11.2 Å². The lowest BCUT2D eigenvalue weighted by Gasteiger charge is -2.40. The molecule has 1 aliphatic heterocycles. The smallest absolute Gasteiger partial charge is 0.415 e. The normalized spacial score (nSPS) is 18.1. The molecule has 0 aliphatic carbocycles. The third-order valence-electron chi connectivity index (χ3n) is 4.47. The zero-order chi connectivity index (χ0) is 18.2. The lowest BCUT2D eigenvalue weighted by atomic mass is 9.87. The number of ether oxygens (including phenoxy) is 1. The van der Waals surface area contributed by atoms with E-state index in [0.717, 1.165) is 23.0 Å². The maximum atomic E-state index is 12.9. The molecule has 1 heterocycles. The lowest BCUT2D eigenvalue weighted by Crippen LogP contribution is -2.48. The van der Waals surface area contributed by atoms with E-state index in [9.17, 15) is 4.79 Å². The zero-order valence-electron chi connectivity index (χ0n) is 15.9. The van der Waals surface area contributed by atoms with Crippen molar-refractivity contribution in [2.24, 2.45) is 5.92 Å². The molecule has 4 heteroatoms. The summed E-state index contributed by atoms with van der Waals surface area (Å²) in [5, 5.41) is 0. The highest BCUT2D eigenvalue weighted by Crippen LogP contribution is 2.41. The quantitative estimate of drug-likeness (QED) is 0.588. The molecule has 3 nitrogen and oxygen atoms in total. The van der Waals surface area contributed by atoms with Crippen LogP contribution in [0, 0.1) is 5.92 Å².